The van der Waals surface area contributed by atoms with Crippen LogP contribution in [0.1, 0.15) is 113 Å². The van der Waals surface area contributed by atoms with Gasteiger partial charge in [-0.3, -0.25) is 4.98 Å². The van der Waals surface area contributed by atoms with Crippen LogP contribution in [0.15, 0.2) is 6.07 Å². The van der Waals surface area contributed by atoms with Gasteiger partial charge in [0, 0.05) is 0 Å². The summed E-state index contributed by atoms with van der Waals surface area (Å²) in [5, 5.41) is 0. The first-order chi connectivity index (χ1) is 16.8. The van der Waals surface area contributed by atoms with E-state index < -0.39 is 0 Å². The Kier molecular flexibility index (Phi) is 9.27. The first-order valence-corrected chi connectivity index (χ1v) is 14.2. The SMILES string of the molecule is Cc1nc(C)c(C(=O)O[C@H]2C[C@@H](C(C)C)C[C@H](C)[C@H]2C)cc1C(=O)O[C@H]1C[C@@H](C(C)C)C[C@H](C)[C@H]1C. The molecule has 5 heteroatoms. The minimum Gasteiger partial charge on any atom is -0.458 e. The fourth-order valence-electron chi connectivity index (χ4n) is 6.28. The zero-order valence-electron chi connectivity index (χ0n) is 24.3. The Balaban J connectivity index is 1.78. The summed E-state index contributed by atoms with van der Waals surface area (Å²) in [4.78, 5) is 31.2. The normalized spacial score (nSPS) is 33.0. The highest BCUT2D eigenvalue weighted by molar-refractivity contribution is 5.96. The fraction of sp³-hybridized carbons (Fsp3) is 0.774. The summed E-state index contributed by atoms with van der Waals surface area (Å²) in [6.07, 6.45) is 3.87. The second-order valence-electron chi connectivity index (χ2n) is 12.8. The van der Waals surface area contributed by atoms with E-state index in [9.17, 15) is 9.59 Å². The summed E-state index contributed by atoms with van der Waals surface area (Å²) in [5.74, 6) is 3.05. The highest BCUT2D eigenvalue weighted by Gasteiger charge is 2.38. The van der Waals surface area contributed by atoms with Gasteiger partial charge in [-0.1, -0.05) is 55.4 Å². The average Bonchev–Trinajstić information content (AvgIpc) is 2.79. The van der Waals surface area contributed by atoms with Crippen LogP contribution in [-0.4, -0.2) is 29.1 Å². The number of aryl methyl sites for hydroxylation is 2. The molecule has 0 aliphatic heterocycles. The second kappa shape index (κ2) is 11.6. The maximum absolute atomic E-state index is 13.3. The molecule has 2 fully saturated rings. The molecule has 1 aromatic rings. The van der Waals surface area contributed by atoms with Crippen molar-refractivity contribution in [2.45, 2.75) is 107 Å². The molecule has 0 unspecified atom stereocenters. The summed E-state index contributed by atoms with van der Waals surface area (Å²) in [7, 11) is 0. The first kappa shape index (κ1) is 28.7. The maximum atomic E-state index is 13.3. The molecule has 1 heterocycles. The predicted molar refractivity (Wildman–Crippen MR) is 144 cm³/mol. The minimum absolute atomic E-state index is 0.123. The summed E-state index contributed by atoms with van der Waals surface area (Å²) >= 11 is 0. The molecule has 0 radical (unpaired) electrons. The lowest BCUT2D eigenvalue weighted by molar-refractivity contribution is -0.0257. The van der Waals surface area contributed by atoms with Crippen LogP contribution in [0.2, 0.25) is 0 Å². The number of aromatic nitrogens is 1. The van der Waals surface area contributed by atoms with Crippen molar-refractivity contribution in [3.63, 3.8) is 0 Å². The van der Waals surface area contributed by atoms with Crippen LogP contribution in [0.4, 0.5) is 0 Å². The highest BCUT2D eigenvalue weighted by atomic mass is 16.5. The molecule has 2 aliphatic carbocycles. The summed E-state index contributed by atoms with van der Waals surface area (Å²) in [5.41, 5.74) is 1.91. The van der Waals surface area contributed by atoms with Crippen molar-refractivity contribution in [1.82, 2.24) is 4.98 Å². The van der Waals surface area contributed by atoms with E-state index in [1.165, 1.54) is 12.8 Å². The van der Waals surface area contributed by atoms with Crippen LogP contribution in [0.25, 0.3) is 0 Å². The molecule has 36 heavy (non-hydrogen) atoms. The van der Waals surface area contributed by atoms with E-state index in [0.29, 0.717) is 69.9 Å². The van der Waals surface area contributed by atoms with Crippen molar-refractivity contribution >= 4 is 11.9 Å². The molecule has 8 atom stereocenters. The van der Waals surface area contributed by atoms with Gasteiger partial charge in [0.05, 0.1) is 22.5 Å². The molecule has 202 valence electrons. The van der Waals surface area contributed by atoms with E-state index in [0.717, 1.165) is 12.8 Å². The molecule has 5 nitrogen and oxygen atoms in total. The molecule has 1 aromatic heterocycles. The number of hydrogen-bond acceptors (Lipinski definition) is 5. The number of pyridine rings is 1. The Labute approximate surface area is 219 Å². The third-order valence-corrected chi connectivity index (χ3v) is 9.63. The van der Waals surface area contributed by atoms with E-state index in [-0.39, 0.29) is 24.1 Å². The van der Waals surface area contributed by atoms with Crippen molar-refractivity contribution < 1.29 is 19.1 Å². The number of esters is 2. The molecular formula is C31H49NO4. The van der Waals surface area contributed by atoms with Crippen molar-refractivity contribution in [3.05, 3.63) is 28.6 Å². The molecule has 2 saturated carbocycles. The fourth-order valence-corrected chi connectivity index (χ4v) is 6.28. The van der Waals surface area contributed by atoms with Crippen molar-refractivity contribution in [3.8, 4) is 0 Å². The van der Waals surface area contributed by atoms with Gasteiger partial charge in [-0.2, -0.15) is 0 Å². The van der Waals surface area contributed by atoms with Gasteiger partial charge in [0.25, 0.3) is 0 Å². The number of hydrogen-bond donors (Lipinski definition) is 0. The molecule has 0 saturated heterocycles. The van der Waals surface area contributed by atoms with Gasteiger partial charge in [0.2, 0.25) is 0 Å². The third kappa shape index (κ3) is 6.31. The van der Waals surface area contributed by atoms with E-state index in [2.05, 4.69) is 60.4 Å². The lowest BCUT2D eigenvalue weighted by atomic mass is 9.70. The van der Waals surface area contributed by atoms with Crippen LogP contribution in [0.5, 0.6) is 0 Å². The predicted octanol–water partition coefficient (Wildman–Crippen LogP) is 7.43. The number of nitrogens with zero attached hydrogens (tertiary/aromatic N) is 1. The van der Waals surface area contributed by atoms with Gasteiger partial charge < -0.3 is 9.47 Å². The number of rotatable bonds is 6. The van der Waals surface area contributed by atoms with Gasteiger partial charge in [0.15, 0.2) is 0 Å². The Bertz CT molecular complexity index is 867. The van der Waals surface area contributed by atoms with Crippen molar-refractivity contribution in [1.29, 1.82) is 0 Å². The van der Waals surface area contributed by atoms with Crippen molar-refractivity contribution in [2.24, 2.45) is 47.3 Å². The summed E-state index contributed by atoms with van der Waals surface area (Å²) < 4.78 is 12.2. The maximum Gasteiger partial charge on any atom is 0.340 e. The Hall–Kier alpha value is -1.91. The molecule has 2 aliphatic rings. The van der Waals surface area contributed by atoms with Crippen LogP contribution in [0.3, 0.4) is 0 Å². The standard InChI is InChI=1S/C31H49NO4/c1-16(2)24-11-18(5)20(7)28(13-24)35-30(33)26-15-27(23(10)32-22(26)9)31(34)36-29-14-25(17(3)4)12-19(6)21(29)8/h15-21,24-25,28-29H,11-14H2,1-10H3/t18-,19-,20+,21+,24-,25-,28-,29-/m0/s1. The zero-order chi connectivity index (χ0) is 26.9. The number of carbonyl (C=O) groups excluding carboxylic acids is 2. The monoisotopic (exact) mass is 499 g/mol. The third-order valence-electron chi connectivity index (χ3n) is 9.63. The van der Waals surface area contributed by atoms with Gasteiger partial charge in [-0.05, 0) is 92.9 Å². The number of ether oxygens (including phenoxy) is 2. The Morgan fingerprint density at radius 3 is 1.42 bits per heavy atom. The topological polar surface area (TPSA) is 65.5 Å². The Morgan fingerprint density at radius 1 is 0.722 bits per heavy atom. The zero-order valence-corrected chi connectivity index (χ0v) is 24.3. The van der Waals surface area contributed by atoms with E-state index in [1.807, 2.05) is 0 Å². The Morgan fingerprint density at radius 2 is 1.08 bits per heavy atom. The quantitative estimate of drug-likeness (QED) is 0.381. The molecular weight excluding hydrogens is 450 g/mol. The van der Waals surface area contributed by atoms with E-state index in [4.69, 9.17) is 9.47 Å². The molecule has 0 amide bonds. The molecule has 3 rings (SSSR count). The molecule has 0 spiro atoms. The van der Waals surface area contributed by atoms with Crippen LogP contribution >= 0.6 is 0 Å². The number of carbonyl (C=O) groups is 2. The van der Waals surface area contributed by atoms with Crippen LogP contribution in [0, 0.1) is 61.2 Å². The molecule has 0 N–H and O–H groups in total. The van der Waals surface area contributed by atoms with Gasteiger partial charge in [-0.15, -0.1) is 0 Å². The second-order valence-corrected chi connectivity index (χ2v) is 12.8. The largest absolute Gasteiger partial charge is 0.458 e. The van der Waals surface area contributed by atoms with Crippen molar-refractivity contribution in [2.75, 3.05) is 0 Å². The van der Waals surface area contributed by atoms with Gasteiger partial charge in [-0.25, -0.2) is 9.59 Å². The molecule has 0 aromatic carbocycles. The minimum atomic E-state index is -0.387. The summed E-state index contributed by atoms with van der Waals surface area (Å²) in [6, 6.07) is 1.65. The van der Waals surface area contributed by atoms with Crippen LogP contribution in [-0.2, 0) is 9.47 Å². The van der Waals surface area contributed by atoms with Gasteiger partial charge >= 0.3 is 11.9 Å². The lowest BCUT2D eigenvalue weighted by Crippen LogP contribution is -2.39. The van der Waals surface area contributed by atoms with Gasteiger partial charge in [0.1, 0.15) is 12.2 Å². The summed E-state index contributed by atoms with van der Waals surface area (Å²) in [6.45, 7) is 21.5. The average molecular weight is 500 g/mol. The van der Waals surface area contributed by atoms with Crippen LogP contribution < -0.4 is 0 Å². The van der Waals surface area contributed by atoms with E-state index in [1.54, 1.807) is 19.9 Å². The smallest absolute Gasteiger partial charge is 0.340 e. The molecule has 0 bridgehead atoms. The lowest BCUT2D eigenvalue weighted by Gasteiger charge is -2.40. The van der Waals surface area contributed by atoms with E-state index >= 15 is 0 Å². The highest BCUT2D eigenvalue weighted by Crippen LogP contribution is 2.40. The first-order valence-electron chi connectivity index (χ1n) is 14.2.